The molecule has 0 radical (unpaired) electrons. The molecule has 3 rings (SSSR count). The first-order valence-electron chi connectivity index (χ1n) is 8.44. The Hall–Kier alpha value is -2.89. The Morgan fingerprint density at radius 2 is 1.68 bits per heavy atom. The number of nitro groups is 1. The van der Waals surface area contributed by atoms with Crippen LogP contribution in [0.15, 0.2) is 48.5 Å². The van der Waals surface area contributed by atoms with Crippen molar-refractivity contribution in [2.45, 2.75) is 19.3 Å². The highest BCUT2D eigenvalue weighted by Crippen LogP contribution is 2.31. The van der Waals surface area contributed by atoms with Gasteiger partial charge in [-0.3, -0.25) is 14.9 Å². The molecule has 0 N–H and O–H groups in total. The number of para-hydroxylation sites is 2. The first kappa shape index (κ1) is 17.0. The molecule has 0 aliphatic carbocycles. The summed E-state index contributed by atoms with van der Waals surface area (Å²) in [7, 11) is 1.74. The molecule has 2 aromatic carbocycles. The molecule has 0 bridgehead atoms. The molecule has 1 saturated heterocycles. The second kappa shape index (κ2) is 7.34. The Balaban J connectivity index is 1.86. The van der Waals surface area contributed by atoms with Gasteiger partial charge in [0.2, 0.25) is 0 Å². The molecule has 1 aliphatic heterocycles. The van der Waals surface area contributed by atoms with Crippen molar-refractivity contribution in [2.24, 2.45) is 0 Å². The van der Waals surface area contributed by atoms with E-state index in [1.165, 1.54) is 30.7 Å². The number of anilines is 2. The number of nitro benzene ring substituents is 1. The van der Waals surface area contributed by atoms with Crippen LogP contribution in [0.4, 0.5) is 17.1 Å². The molecule has 0 spiro atoms. The predicted molar refractivity (Wildman–Crippen MR) is 98.3 cm³/mol. The number of carbonyl (C=O) groups is 1. The van der Waals surface area contributed by atoms with Crippen molar-refractivity contribution in [3.8, 4) is 0 Å². The Morgan fingerprint density at radius 1 is 1.04 bits per heavy atom. The SMILES string of the molecule is CN(C(=O)c1ccc([N+](=O)[O-])cc1)c1ccccc1N1CCCCC1. The predicted octanol–water partition coefficient (Wildman–Crippen LogP) is 3.86. The average molecular weight is 339 g/mol. The van der Waals surface area contributed by atoms with Gasteiger partial charge >= 0.3 is 0 Å². The van der Waals surface area contributed by atoms with Gasteiger partial charge in [0.1, 0.15) is 0 Å². The fourth-order valence-electron chi connectivity index (χ4n) is 3.18. The molecule has 0 aromatic heterocycles. The van der Waals surface area contributed by atoms with Crippen LogP contribution in [0.25, 0.3) is 0 Å². The number of hydrogen-bond donors (Lipinski definition) is 0. The summed E-state index contributed by atoms with van der Waals surface area (Å²) in [6.45, 7) is 1.99. The summed E-state index contributed by atoms with van der Waals surface area (Å²) in [6.07, 6.45) is 3.57. The van der Waals surface area contributed by atoms with E-state index >= 15 is 0 Å². The van der Waals surface area contributed by atoms with E-state index in [-0.39, 0.29) is 11.6 Å². The van der Waals surface area contributed by atoms with Crippen molar-refractivity contribution in [3.63, 3.8) is 0 Å². The van der Waals surface area contributed by atoms with Gasteiger partial charge in [0.15, 0.2) is 0 Å². The molecule has 0 saturated carbocycles. The van der Waals surface area contributed by atoms with Gasteiger partial charge < -0.3 is 9.80 Å². The molecule has 2 aromatic rings. The van der Waals surface area contributed by atoms with Crippen molar-refractivity contribution in [3.05, 3.63) is 64.2 Å². The van der Waals surface area contributed by atoms with Gasteiger partial charge in [-0.2, -0.15) is 0 Å². The van der Waals surface area contributed by atoms with E-state index in [4.69, 9.17) is 0 Å². The van der Waals surface area contributed by atoms with E-state index in [1.54, 1.807) is 11.9 Å². The van der Waals surface area contributed by atoms with E-state index in [0.717, 1.165) is 37.3 Å². The van der Waals surface area contributed by atoms with Crippen LogP contribution in [0.3, 0.4) is 0 Å². The van der Waals surface area contributed by atoms with Crippen LogP contribution >= 0.6 is 0 Å². The van der Waals surface area contributed by atoms with Crippen molar-refractivity contribution < 1.29 is 9.72 Å². The second-order valence-electron chi connectivity index (χ2n) is 6.20. The summed E-state index contributed by atoms with van der Waals surface area (Å²) in [5.74, 6) is -0.181. The third-order valence-corrected chi connectivity index (χ3v) is 4.57. The molecular weight excluding hydrogens is 318 g/mol. The van der Waals surface area contributed by atoms with Crippen LogP contribution in [0, 0.1) is 10.1 Å². The summed E-state index contributed by atoms with van der Waals surface area (Å²) >= 11 is 0. The van der Waals surface area contributed by atoms with E-state index in [9.17, 15) is 14.9 Å². The largest absolute Gasteiger partial charge is 0.370 e. The Labute approximate surface area is 146 Å². The summed E-state index contributed by atoms with van der Waals surface area (Å²) in [4.78, 5) is 27.0. The number of rotatable bonds is 4. The van der Waals surface area contributed by atoms with Gasteiger partial charge in [-0.1, -0.05) is 12.1 Å². The van der Waals surface area contributed by atoms with Gasteiger partial charge in [0, 0.05) is 37.8 Å². The topological polar surface area (TPSA) is 66.7 Å². The van der Waals surface area contributed by atoms with E-state index in [1.807, 2.05) is 24.3 Å². The Bertz CT molecular complexity index is 768. The summed E-state index contributed by atoms with van der Waals surface area (Å²) in [5.41, 5.74) is 2.32. The maximum atomic E-state index is 12.8. The van der Waals surface area contributed by atoms with Gasteiger partial charge in [-0.25, -0.2) is 0 Å². The normalized spacial score (nSPS) is 14.2. The smallest absolute Gasteiger partial charge is 0.269 e. The van der Waals surface area contributed by atoms with Crippen LogP contribution in [-0.4, -0.2) is 31.0 Å². The Kier molecular flexibility index (Phi) is 4.97. The van der Waals surface area contributed by atoms with E-state index in [2.05, 4.69) is 4.90 Å². The highest BCUT2D eigenvalue weighted by Gasteiger charge is 2.20. The van der Waals surface area contributed by atoms with Crippen LogP contribution in [-0.2, 0) is 0 Å². The second-order valence-corrected chi connectivity index (χ2v) is 6.20. The minimum Gasteiger partial charge on any atom is -0.370 e. The molecule has 1 heterocycles. The third-order valence-electron chi connectivity index (χ3n) is 4.57. The van der Waals surface area contributed by atoms with E-state index in [0.29, 0.717) is 5.56 Å². The van der Waals surface area contributed by atoms with Crippen LogP contribution in [0.2, 0.25) is 0 Å². The molecule has 6 nitrogen and oxygen atoms in total. The zero-order chi connectivity index (χ0) is 17.8. The van der Waals surface area contributed by atoms with Crippen LogP contribution in [0.5, 0.6) is 0 Å². The molecule has 25 heavy (non-hydrogen) atoms. The standard InChI is InChI=1S/C19H21N3O3/c1-20(19(23)15-9-11-16(12-10-15)22(24)25)17-7-3-4-8-18(17)21-13-5-2-6-14-21/h3-4,7-12H,2,5-6,13-14H2,1H3. The number of non-ortho nitro benzene ring substituents is 1. The third kappa shape index (κ3) is 3.63. The van der Waals surface area contributed by atoms with Gasteiger partial charge in [0.25, 0.3) is 11.6 Å². The molecule has 130 valence electrons. The number of nitrogens with zero attached hydrogens (tertiary/aromatic N) is 3. The lowest BCUT2D eigenvalue weighted by Gasteiger charge is -2.32. The fourth-order valence-corrected chi connectivity index (χ4v) is 3.18. The minimum atomic E-state index is -0.469. The quantitative estimate of drug-likeness (QED) is 0.626. The highest BCUT2D eigenvalue weighted by molar-refractivity contribution is 6.07. The first-order chi connectivity index (χ1) is 12.1. The zero-order valence-electron chi connectivity index (χ0n) is 14.2. The molecule has 0 unspecified atom stereocenters. The lowest BCUT2D eigenvalue weighted by Crippen LogP contribution is -2.33. The summed E-state index contributed by atoms with van der Waals surface area (Å²) < 4.78 is 0. The fraction of sp³-hybridized carbons (Fsp3) is 0.316. The molecule has 1 fully saturated rings. The molecule has 1 aliphatic rings. The number of carbonyl (C=O) groups excluding carboxylic acids is 1. The highest BCUT2D eigenvalue weighted by atomic mass is 16.6. The first-order valence-corrected chi connectivity index (χ1v) is 8.44. The number of piperidine rings is 1. The maximum Gasteiger partial charge on any atom is 0.269 e. The van der Waals surface area contributed by atoms with E-state index < -0.39 is 4.92 Å². The van der Waals surface area contributed by atoms with Crippen molar-refractivity contribution in [1.29, 1.82) is 0 Å². The lowest BCUT2D eigenvalue weighted by atomic mass is 10.1. The maximum absolute atomic E-state index is 12.8. The van der Waals surface area contributed by atoms with Gasteiger partial charge in [0.05, 0.1) is 16.3 Å². The number of benzene rings is 2. The van der Waals surface area contributed by atoms with Gasteiger partial charge in [-0.15, -0.1) is 0 Å². The zero-order valence-corrected chi connectivity index (χ0v) is 14.2. The van der Waals surface area contributed by atoms with Crippen LogP contribution in [0.1, 0.15) is 29.6 Å². The molecular formula is C19H21N3O3. The number of hydrogen-bond acceptors (Lipinski definition) is 4. The monoisotopic (exact) mass is 339 g/mol. The van der Waals surface area contributed by atoms with Crippen molar-refractivity contribution in [1.82, 2.24) is 0 Å². The van der Waals surface area contributed by atoms with Crippen LogP contribution < -0.4 is 9.80 Å². The minimum absolute atomic E-state index is 0.0204. The average Bonchev–Trinajstić information content (AvgIpc) is 2.67. The lowest BCUT2D eigenvalue weighted by molar-refractivity contribution is -0.384. The summed E-state index contributed by atoms with van der Waals surface area (Å²) in [6, 6.07) is 13.6. The Morgan fingerprint density at radius 3 is 2.32 bits per heavy atom. The van der Waals surface area contributed by atoms with Crippen molar-refractivity contribution in [2.75, 3.05) is 29.9 Å². The molecule has 1 amide bonds. The van der Waals surface area contributed by atoms with Crippen molar-refractivity contribution >= 4 is 23.0 Å². The van der Waals surface area contributed by atoms with Gasteiger partial charge in [-0.05, 0) is 43.5 Å². The summed E-state index contributed by atoms with van der Waals surface area (Å²) in [5, 5.41) is 10.8. The molecule has 0 atom stereocenters. The molecule has 6 heteroatoms. The number of amides is 1.